The molecule has 1 aliphatic carbocycles. The lowest BCUT2D eigenvalue weighted by Crippen LogP contribution is -2.21. The van der Waals surface area contributed by atoms with Crippen molar-refractivity contribution in [3.8, 4) is 5.75 Å². The average molecular weight is 341 g/mol. The predicted molar refractivity (Wildman–Crippen MR) is 89.3 cm³/mol. The Hall–Kier alpha value is -1.52. The lowest BCUT2D eigenvalue weighted by Gasteiger charge is -2.02. The summed E-state index contributed by atoms with van der Waals surface area (Å²) in [4.78, 5) is 12.2. The predicted octanol–water partition coefficient (Wildman–Crippen LogP) is 3.74. The Morgan fingerprint density at radius 1 is 1.41 bits per heavy atom. The van der Waals surface area contributed by atoms with Gasteiger partial charge in [0, 0.05) is 0 Å². The van der Waals surface area contributed by atoms with Gasteiger partial charge in [0.15, 0.2) is 0 Å². The number of hydrazone groups is 1. The number of nitrogens with one attached hydrogen (secondary N) is 1. The van der Waals surface area contributed by atoms with Gasteiger partial charge in [-0.05, 0) is 35.1 Å². The van der Waals surface area contributed by atoms with Crippen molar-refractivity contribution in [3.05, 3.63) is 40.4 Å². The zero-order chi connectivity index (χ0) is 16.3. The van der Waals surface area contributed by atoms with Gasteiger partial charge in [0.25, 0.3) is 0 Å². The number of amides is 1. The number of hydrogen-bond acceptors (Lipinski definition) is 3. The van der Waals surface area contributed by atoms with Crippen LogP contribution in [-0.4, -0.2) is 19.2 Å². The molecule has 0 aromatic heterocycles. The van der Waals surface area contributed by atoms with Crippen LogP contribution in [0.15, 0.2) is 39.9 Å². The Morgan fingerprint density at radius 2 is 2.14 bits per heavy atom. The second-order valence-electron chi connectivity index (χ2n) is 5.79. The Morgan fingerprint density at radius 3 is 2.77 bits per heavy atom. The standard InChI is InChI=1S/C16H18Cl2N2O2/c1-16(2)12(8-13(17)18)14(16)15(21)20-19-9-10-5-4-6-11(7-10)22-3/h4-9,12,14H,1-3H3,(H,20,21)/b19-9-/t12-,14+/m0/s1. The van der Waals surface area contributed by atoms with Crippen LogP contribution in [0.25, 0.3) is 0 Å². The van der Waals surface area contributed by atoms with Gasteiger partial charge < -0.3 is 4.74 Å². The molecule has 1 saturated carbocycles. The molecule has 0 saturated heterocycles. The minimum Gasteiger partial charge on any atom is -0.497 e. The first-order chi connectivity index (χ1) is 10.4. The molecule has 1 N–H and O–H groups in total. The number of halogens is 2. The molecule has 0 spiro atoms. The minimum absolute atomic E-state index is 0.0320. The lowest BCUT2D eigenvalue weighted by atomic mass is 10.1. The molecule has 0 unspecified atom stereocenters. The highest BCUT2D eigenvalue weighted by molar-refractivity contribution is 6.55. The molecule has 0 radical (unpaired) electrons. The van der Waals surface area contributed by atoms with E-state index < -0.39 is 0 Å². The molecule has 1 amide bonds. The van der Waals surface area contributed by atoms with Crippen LogP contribution in [0.4, 0.5) is 0 Å². The number of methoxy groups -OCH3 is 1. The first-order valence-corrected chi connectivity index (χ1v) is 7.61. The zero-order valence-electron chi connectivity index (χ0n) is 12.6. The molecule has 1 aliphatic rings. The maximum atomic E-state index is 12.2. The van der Waals surface area contributed by atoms with E-state index in [0.717, 1.165) is 11.3 Å². The summed E-state index contributed by atoms with van der Waals surface area (Å²) in [6, 6.07) is 7.40. The first-order valence-electron chi connectivity index (χ1n) is 6.86. The monoisotopic (exact) mass is 340 g/mol. The number of ether oxygens (including phenoxy) is 1. The number of benzene rings is 1. The van der Waals surface area contributed by atoms with Crippen molar-refractivity contribution in [2.75, 3.05) is 7.11 Å². The van der Waals surface area contributed by atoms with E-state index in [9.17, 15) is 4.79 Å². The van der Waals surface area contributed by atoms with E-state index in [4.69, 9.17) is 27.9 Å². The summed E-state index contributed by atoms with van der Waals surface area (Å²) < 4.78 is 5.32. The van der Waals surface area contributed by atoms with Gasteiger partial charge in [-0.3, -0.25) is 4.79 Å². The van der Waals surface area contributed by atoms with E-state index >= 15 is 0 Å². The summed E-state index contributed by atoms with van der Waals surface area (Å²) in [7, 11) is 1.60. The Kier molecular flexibility index (Phi) is 5.14. The van der Waals surface area contributed by atoms with Crippen LogP contribution in [0.2, 0.25) is 0 Å². The minimum atomic E-state index is -0.178. The number of nitrogens with zero attached hydrogens (tertiary/aromatic N) is 1. The molecule has 1 aromatic carbocycles. The molecule has 6 heteroatoms. The van der Waals surface area contributed by atoms with Crippen LogP contribution in [-0.2, 0) is 4.79 Å². The molecule has 1 aromatic rings. The van der Waals surface area contributed by atoms with Crippen LogP contribution in [0.5, 0.6) is 5.75 Å². The number of carbonyl (C=O) groups is 1. The highest BCUT2D eigenvalue weighted by Gasteiger charge is 2.60. The van der Waals surface area contributed by atoms with E-state index in [-0.39, 0.29) is 27.6 Å². The first kappa shape index (κ1) is 16.8. The second kappa shape index (κ2) is 6.71. The van der Waals surface area contributed by atoms with Gasteiger partial charge in [0.1, 0.15) is 10.2 Å². The van der Waals surface area contributed by atoms with Crippen LogP contribution in [0.3, 0.4) is 0 Å². The summed E-state index contributed by atoms with van der Waals surface area (Å²) in [6.45, 7) is 4.00. The van der Waals surface area contributed by atoms with Crippen molar-refractivity contribution in [2.24, 2.45) is 22.4 Å². The summed E-state index contributed by atoms with van der Waals surface area (Å²) in [5, 5.41) is 3.99. The maximum Gasteiger partial charge on any atom is 0.244 e. The lowest BCUT2D eigenvalue weighted by molar-refractivity contribution is -0.123. The number of allylic oxidation sites excluding steroid dienone is 1. The van der Waals surface area contributed by atoms with Gasteiger partial charge in [-0.15, -0.1) is 0 Å². The fourth-order valence-corrected chi connectivity index (χ4v) is 2.86. The van der Waals surface area contributed by atoms with E-state index in [2.05, 4.69) is 10.5 Å². The van der Waals surface area contributed by atoms with Gasteiger partial charge in [-0.25, -0.2) is 5.43 Å². The second-order valence-corrected chi connectivity index (χ2v) is 6.80. The van der Waals surface area contributed by atoms with Crippen molar-refractivity contribution < 1.29 is 9.53 Å². The van der Waals surface area contributed by atoms with Crippen molar-refractivity contribution in [2.45, 2.75) is 13.8 Å². The number of hydrogen-bond donors (Lipinski definition) is 1. The van der Waals surface area contributed by atoms with Gasteiger partial charge >= 0.3 is 0 Å². The van der Waals surface area contributed by atoms with Crippen LogP contribution < -0.4 is 10.2 Å². The highest BCUT2D eigenvalue weighted by Crippen LogP contribution is 2.59. The molecule has 22 heavy (non-hydrogen) atoms. The smallest absolute Gasteiger partial charge is 0.244 e. The summed E-state index contributed by atoms with van der Waals surface area (Å²) in [5.41, 5.74) is 3.24. The van der Waals surface area contributed by atoms with Crippen LogP contribution in [0.1, 0.15) is 19.4 Å². The quantitative estimate of drug-likeness (QED) is 0.655. The van der Waals surface area contributed by atoms with Gasteiger partial charge in [-0.2, -0.15) is 5.10 Å². The van der Waals surface area contributed by atoms with Crippen molar-refractivity contribution in [1.29, 1.82) is 0 Å². The SMILES string of the molecule is COc1cccc(/C=N\NC(=O)[C@H]2[C@H](C=C(Cl)Cl)C2(C)C)c1. The molecule has 118 valence electrons. The maximum absolute atomic E-state index is 12.2. The van der Waals surface area contributed by atoms with Crippen molar-refractivity contribution >= 4 is 35.3 Å². The van der Waals surface area contributed by atoms with E-state index in [1.54, 1.807) is 19.4 Å². The van der Waals surface area contributed by atoms with Crippen molar-refractivity contribution in [3.63, 3.8) is 0 Å². The van der Waals surface area contributed by atoms with Crippen LogP contribution in [0, 0.1) is 17.3 Å². The third-order valence-electron chi connectivity index (χ3n) is 3.98. The molecule has 0 heterocycles. The molecular weight excluding hydrogens is 323 g/mol. The van der Waals surface area contributed by atoms with Gasteiger partial charge in [0.05, 0.1) is 19.2 Å². The normalized spacial score (nSPS) is 22.2. The summed E-state index contributed by atoms with van der Waals surface area (Å²) >= 11 is 11.4. The molecule has 1 fully saturated rings. The number of carbonyl (C=O) groups excluding carboxylic acids is 1. The average Bonchev–Trinajstić information content (AvgIpc) is 2.99. The molecular formula is C16H18Cl2N2O2. The topological polar surface area (TPSA) is 50.7 Å². The van der Waals surface area contributed by atoms with E-state index in [1.807, 2.05) is 38.1 Å². The van der Waals surface area contributed by atoms with E-state index in [1.165, 1.54) is 0 Å². The number of rotatable bonds is 5. The van der Waals surface area contributed by atoms with Crippen molar-refractivity contribution in [1.82, 2.24) is 5.43 Å². The molecule has 2 rings (SSSR count). The Labute approximate surface area is 140 Å². The fraction of sp³-hybridized carbons (Fsp3) is 0.375. The fourth-order valence-electron chi connectivity index (χ4n) is 2.59. The summed E-state index contributed by atoms with van der Waals surface area (Å²) in [5.74, 6) is 0.451. The third kappa shape index (κ3) is 3.81. The molecule has 2 atom stereocenters. The largest absolute Gasteiger partial charge is 0.497 e. The molecule has 0 bridgehead atoms. The Balaban J connectivity index is 1.96. The van der Waals surface area contributed by atoms with Gasteiger partial charge in [0.2, 0.25) is 5.91 Å². The Bertz CT molecular complexity index is 622. The van der Waals surface area contributed by atoms with E-state index in [0.29, 0.717) is 0 Å². The zero-order valence-corrected chi connectivity index (χ0v) is 14.2. The molecule has 4 nitrogen and oxygen atoms in total. The highest BCUT2D eigenvalue weighted by atomic mass is 35.5. The summed E-state index contributed by atoms with van der Waals surface area (Å²) in [6.07, 6.45) is 3.29. The van der Waals surface area contributed by atoms with Crippen LogP contribution >= 0.6 is 23.2 Å². The van der Waals surface area contributed by atoms with Gasteiger partial charge in [-0.1, -0.05) is 49.2 Å². The third-order valence-corrected chi connectivity index (χ3v) is 4.23. The molecule has 0 aliphatic heterocycles.